The van der Waals surface area contributed by atoms with Crippen LogP contribution in [0.15, 0.2) is 9.59 Å². The Labute approximate surface area is 91.2 Å². The zero-order chi connectivity index (χ0) is 11.5. The lowest BCUT2D eigenvalue weighted by Gasteiger charge is -2.35. The van der Waals surface area contributed by atoms with Crippen LogP contribution in [-0.2, 0) is 4.74 Å². The third-order valence-corrected chi connectivity index (χ3v) is 2.55. The van der Waals surface area contributed by atoms with Crippen LogP contribution in [0.1, 0.15) is 19.8 Å². The highest BCUT2D eigenvalue weighted by Crippen LogP contribution is 2.25. The van der Waals surface area contributed by atoms with E-state index in [1.165, 1.54) is 0 Å². The van der Waals surface area contributed by atoms with Gasteiger partial charge in [0.2, 0.25) is 5.82 Å². The van der Waals surface area contributed by atoms with E-state index in [2.05, 4.69) is 20.5 Å². The lowest BCUT2D eigenvalue weighted by molar-refractivity contribution is 0.00288. The van der Waals surface area contributed by atoms with Crippen LogP contribution < -0.4 is 16.6 Å². The maximum atomic E-state index is 11.3. The second-order valence-corrected chi connectivity index (χ2v) is 3.75. The molecule has 0 aromatic carbocycles. The lowest BCUT2D eigenvalue weighted by Crippen LogP contribution is -2.42. The Morgan fingerprint density at radius 3 is 2.88 bits per heavy atom. The molecule has 7 nitrogen and oxygen atoms in total. The van der Waals surface area contributed by atoms with Crippen molar-refractivity contribution in [2.45, 2.75) is 31.9 Å². The number of nitrogens with one attached hydrogen (secondary N) is 3. The molecule has 0 bridgehead atoms. The Morgan fingerprint density at radius 2 is 2.25 bits per heavy atom. The summed E-state index contributed by atoms with van der Waals surface area (Å²) in [7, 11) is 0. The number of ether oxygens (including phenoxy) is 1. The predicted molar refractivity (Wildman–Crippen MR) is 57.5 cm³/mol. The number of aromatic nitrogens is 3. The summed E-state index contributed by atoms with van der Waals surface area (Å²) in [5.74, 6) is 0.152. The maximum Gasteiger partial charge on any atom is 0.342 e. The van der Waals surface area contributed by atoms with Crippen LogP contribution in [0.25, 0.3) is 0 Å². The van der Waals surface area contributed by atoms with Gasteiger partial charge in [0.1, 0.15) is 0 Å². The molecule has 1 aromatic heterocycles. The second kappa shape index (κ2) is 4.48. The predicted octanol–water partition coefficient (Wildman–Crippen LogP) is -0.562. The van der Waals surface area contributed by atoms with Crippen molar-refractivity contribution >= 4 is 5.82 Å². The molecule has 2 rings (SSSR count). The SMILES string of the molecule is CCOC1CC(Nc2n[nH]c(=O)[nH]c2=O)C1. The number of aromatic amines is 2. The number of nitrogens with zero attached hydrogens (tertiary/aromatic N) is 1. The Hall–Kier alpha value is -1.63. The molecule has 1 aliphatic rings. The van der Waals surface area contributed by atoms with Gasteiger partial charge in [0.25, 0.3) is 5.56 Å². The Morgan fingerprint density at radius 1 is 1.50 bits per heavy atom. The van der Waals surface area contributed by atoms with Crippen molar-refractivity contribution in [3.05, 3.63) is 20.8 Å². The van der Waals surface area contributed by atoms with Crippen LogP contribution in [0.3, 0.4) is 0 Å². The molecular weight excluding hydrogens is 212 g/mol. The second-order valence-electron chi connectivity index (χ2n) is 3.75. The molecule has 0 aliphatic heterocycles. The minimum absolute atomic E-state index is 0.152. The molecule has 7 heteroatoms. The topological polar surface area (TPSA) is 99.9 Å². The minimum atomic E-state index is -0.601. The van der Waals surface area contributed by atoms with Crippen LogP contribution in [0, 0.1) is 0 Å². The van der Waals surface area contributed by atoms with Crippen molar-refractivity contribution < 1.29 is 4.74 Å². The summed E-state index contributed by atoms with van der Waals surface area (Å²) < 4.78 is 5.39. The smallest absolute Gasteiger partial charge is 0.342 e. The lowest BCUT2D eigenvalue weighted by atomic mass is 9.89. The number of anilines is 1. The van der Waals surface area contributed by atoms with Gasteiger partial charge < -0.3 is 10.1 Å². The maximum absolute atomic E-state index is 11.3. The standard InChI is InChI=1S/C9H14N4O3/c1-2-16-6-3-5(4-6)10-7-8(14)11-9(15)13-12-7/h5-6H,2-4H2,1H3,(H,10,12)(H2,11,13,14,15). The Bertz CT molecular complexity index is 460. The van der Waals surface area contributed by atoms with Gasteiger partial charge in [0.05, 0.1) is 6.10 Å². The highest BCUT2D eigenvalue weighted by atomic mass is 16.5. The monoisotopic (exact) mass is 226 g/mol. The first-order chi connectivity index (χ1) is 7.69. The summed E-state index contributed by atoms with van der Waals surface area (Å²) in [6.45, 7) is 2.66. The van der Waals surface area contributed by atoms with E-state index in [-0.39, 0.29) is 18.0 Å². The number of hydrogen-bond donors (Lipinski definition) is 3. The van der Waals surface area contributed by atoms with Gasteiger partial charge in [0.15, 0.2) is 0 Å². The van der Waals surface area contributed by atoms with Crippen LogP contribution >= 0.6 is 0 Å². The number of hydrogen-bond acceptors (Lipinski definition) is 5. The molecule has 1 aliphatic carbocycles. The molecule has 0 amide bonds. The number of H-pyrrole nitrogens is 2. The van der Waals surface area contributed by atoms with Gasteiger partial charge in [-0.15, -0.1) is 5.10 Å². The quantitative estimate of drug-likeness (QED) is 0.639. The first kappa shape index (κ1) is 10.9. The molecule has 1 fully saturated rings. The van der Waals surface area contributed by atoms with E-state index in [9.17, 15) is 9.59 Å². The third kappa shape index (κ3) is 2.30. The van der Waals surface area contributed by atoms with Gasteiger partial charge in [-0.1, -0.05) is 0 Å². The van der Waals surface area contributed by atoms with Gasteiger partial charge in [-0.3, -0.25) is 9.78 Å². The summed E-state index contributed by atoms with van der Waals surface area (Å²) in [6.07, 6.45) is 1.98. The van der Waals surface area contributed by atoms with Gasteiger partial charge in [-0.05, 0) is 19.8 Å². The normalized spacial score (nSPS) is 23.8. The van der Waals surface area contributed by atoms with E-state index in [0.29, 0.717) is 6.61 Å². The molecule has 3 N–H and O–H groups in total. The van der Waals surface area contributed by atoms with E-state index in [0.717, 1.165) is 12.8 Å². The van der Waals surface area contributed by atoms with Gasteiger partial charge in [-0.25, -0.2) is 9.89 Å². The highest BCUT2D eigenvalue weighted by Gasteiger charge is 2.30. The first-order valence-corrected chi connectivity index (χ1v) is 5.26. The van der Waals surface area contributed by atoms with Crippen LogP contribution in [-0.4, -0.2) is 33.9 Å². The van der Waals surface area contributed by atoms with Crippen molar-refractivity contribution in [1.82, 2.24) is 15.2 Å². The molecule has 0 radical (unpaired) electrons. The first-order valence-electron chi connectivity index (χ1n) is 5.26. The van der Waals surface area contributed by atoms with Gasteiger partial charge >= 0.3 is 5.69 Å². The average Bonchev–Trinajstić information content (AvgIpc) is 2.18. The molecule has 1 heterocycles. The molecule has 0 unspecified atom stereocenters. The third-order valence-electron chi connectivity index (χ3n) is 2.55. The van der Waals surface area contributed by atoms with Gasteiger partial charge in [0, 0.05) is 12.6 Å². The summed E-state index contributed by atoms with van der Waals surface area (Å²) in [5.41, 5.74) is -1.10. The summed E-state index contributed by atoms with van der Waals surface area (Å²) in [6, 6.07) is 0.191. The summed E-state index contributed by atoms with van der Waals surface area (Å²) in [5, 5.41) is 8.77. The molecule has 1 aromatic rings. The molecule has 16 heavy (non-hydrogen) atoms. The summed E-state index contributed by atoms with van der Waals surface area (Å²) in [4.78, 5) is 24.1. The van der Waals surface area contributed by atoms with E-state index < -0.39 is 11.2 Å². The van der Waals surface area contributed by atoms with E-state index >= 15 is 0 Å². The molecule has 0 atom stereocenters. The highest BCUT2D eigenvalue weighted by molar-refractivity contribution is 5.31. The Balaban J connectivity index is 1.92. The van der Waals surface area contributed by atoms with E-state index in [1.54, 1.807) is 0 Å². The van der Waals surface area contributed by atoms with Crippen molar-refractivity contribution in [2.24, 2.45) is 0 Å². The van der Waals surface area contributed by atoms with Crippen molar-refractivity contribution in [2.75, 3.05) is 11.9 Å². The van der Waals surface area contributed by atoms with Crippen LogP contribution in [0.4, 0.5) is 5.82 Å². The van der Waals surface area contributed by atoms with Crippen molar-refractivity contribution in [3.63, 3.8) is 0 Å². The summed E-state index contributed by atoms with van der Waals surface area (Å²) >= 11 is 0. The molecular formula is C9H14N4O3. The van der Waals surface area contributed by atoms with E-state index in [1.807, 2.05) is 6.92 Å². The minimum Gasteiger partial charge on any atom is -0.378 e. The fourth-order valence-electron chi connectivity index (χ4n) is 1.69. The van der Waals surface area contributed by atoms with Gasteiger partial charge in [-0.2, -0.15) is 0 Å². The zero-order valence-electron chi connectivity index (χ0n) is 8.95. The fraction of sp³-hybridized carbons (Fsp3) is 0.667. The average molecular weight is 226 g/mol. The Kier molecular flexibility index (Phi) is 3.04. The largest absolute Gasteiger partial charge is 0.378 e. The van der Waals surface area contributed by atoms with Crippen molar-refractivity contribution in [3.8, 4) is 0 Å². The molecule has 0 spiro atoms. The molecule has 1 saturated carbocycles. The van der Waals surface area contributed by atoms with Crippen LogP contribution in [0.5, 0.6) is 0 Å². The number of rotatable bonds is 4. The van der Waals surface area contributed by atoms with Crippen molar-refractivity contribution in [1.29, 1.82) is 0 Å². The molecule has 88 valence electrons. The zero-order valence-corrected chi connectivity index (χ0v) is 8.95. The molecule has 0 saturated heterocycles. The van der Waals surface area contributed by atoms with E-state index in [4.69, 9.17) is 4.74 Å². The van der Waals surface area contributed by atoms with Crippen LogP contribution in [0.2, 0.25) is 0 Å². The fourth-order valence-corrected chi connectivity index (χ4v) is 1.69.